The molecule has 0 saturated heterocycles. The van der Waals surface area contributed by atoms with Gasteiger partial charge in [0.1, 0.15) is 0 Å². The summed E-state index contributed by atoms with van der Waals surface area (Å²) in [4.78, 5) is 2.78. The van der Waals surface area contributed by atoms with Crippen LogP contribution in [0.1, 0.15) is 38.5 Å². The van der Waals surface area contributed by atoms with Crippen molar-refractivity contribution < 1.29 is 0 Å². The van der Waals surface area contributed by atoms with Gasteiger partial charge in [0, 0.05) is 22.3 Å². The minimum Gasteiger partial charge on any atom is -0.309 e. The first-order chi connectivity index (χ1) is 9.74. The van der Waals surface area contributed by atoms with E-state index in [0.717, 1.165) is 12.5 Å². The molecule has 2 rings (SSSR count). The van der Waals surface area contributed by atoms with Gasteiger partial charge in [-0.2, -0.15) is 0 Å². The van der Waals surface area contributed by atoms with Gasteiger partial charge in [0.25, 0.3) is 0 Å². The second kappa shape index (κ2) is 7.61. The largest absolute Gasteiger partial charge is 0.309 e. The topological polar surface area (TPSA) is 12.0 Å². The van der Waals surface area contributed by atoms with Crippen LogP contribution in [0.2, 0.25) is 0 Å². The van der Waals surface area contributed by atoms with Gasteiger partial charge in [-0.3, -0.25) is 0 Å². The highest BCUT2D eigenvalue weighted by Crippen LogP contribution is 2.28. The number of hydrogen-bond donors (Lipinski definition) is 1. The summed E-state index contributed by atoms with van der Waals surface area (Å²) in [6.45, 7) is 7.86. The maximum absolute atomic E-state index is 3.68. The Morgan fingerprint density at radius 3 is 2.35 bits per heavy atom. The molecule has 0 radical (unpaired) electrons. The lowest BCUT2D eigenvalue weighted by molar-refractivity contribution is 0.354. The monoisotopic (exact) mass is 287 g/mol. The Bertz CT molecular complexity index is 499. The molecule has 0 aliphatic heterocycles. The van der Waals surface area contributed by atoms with Gasteiger partial charge >= 0.3 is 0 Å². The SMILES string of the molecule is CCC(CC)C(C)NCc1ccc(-c2ccccc2)s1. The molecule has 0 bridgehead atoms. The predicted octanol–water partition coefficient (Wildman–Crippen LogP) is 5.33. The fourth-order valence-electron chi connectivity index (χ4n) is 2.65. The summed E-state index contributed by atoms with van der Waals surface area (Å²) in [5.41, 5.74) is 1.32. The van der Waals surface area contributed by atoms with Gasteiger partial charge in [-0.15, -0.1) is 11.3 Å². The summed E-state index contributed by atoms with van der Waals surface area (Å²) < 4.78 is 0. The molecule has 0 amide bonds. The van der Waals surface area contributed by atoms with E-state index in [1.54, 1.807) is 0 Å². The molecular weight excluding hydrogens is 262 g/mol. The van der Waals surface area contributed by atoms with Crippen molar-refractivity contribution in [2.45, 2.75) is 46.2 Å². The summed E-state index contributed by atoms with van der Waals surface area (Å²) >= 11 is 1.89. The van der Waals surface area contributed by atoms with Crippen molar-refractivity contribution in [1.29, 1.82) is 0 Å². The van der Waals surface area contributed by atoms with Gasteiger partial charge in [-0.1, -0.05) is 57.0 Å². The zero-order valence-electron chi connectivity index (χ0n) is 12.7. The van der Waals surface area contributed by atoms with Gasteiger partial charge in [-0.25, -0.2) is 0 Å². The van der Waals surface area contributed by atoms with E-state index in [0.29, 0.717) is 6.04 Å². The summed E-state index contributed by atoms with van der Waals surface area (Å²) in [6.07, 6.45) is 2.51. The van der Waals surface area contributed by atoms with E-state index in [-0.39, 0.29) is 0 Å². The molecule has 1 heterocycles. The molecule has 1 aromatic heterocycles. The molecule has 1 nitrogen and oxygen atoms in total. The Labute approximate surface area is 127 Å². The smallest absolute Gasteiger partial charge is 0.0346 e. The highest BCUT2D eigenvalue weighted by Gasteiger charge is 2.13. The molecule has 1 unspecified atom stereocenters. The summed E-state index contributed by atoms with van der Waals surface area (Å²) in [5, 5.41) is 3.68. The van der Waals surface area contributed by atoms with Crippen LogP contribution in [-0.2, 0) is 6.54 Å². The van der Waals surface area contributed by atoms with E-state index in [9.17, 15) is 0 Å². The maximum atomic E-state index is 3.68. The molecule has 20 heavy (non-hydrogen) atoms. The number of benzene rings is 1. The van der Waals surface area contributed by atoms with E-state index in [2.05, 4.69) is 68.6 Å². The molecular formula is C18H25NS. The summed E-state index contributed by atoms with van der Waals surface area (Å²) in [5.74, 6) is 0.781. The van der Waals surface area contributed by atoms with Gasteiger partial charge < -0.3 is 5.32 Å². The second-order valence-corrected chi connectivity index (χ2v) is 6.55. The number of hydrogen-bond acceptors (Lipinski definition) is 2. The molecule has 0 fully saturated rings. The van der Waals surface area contributed by atoms with E-state index < -0.39 is 0 Å². The molecule has 1 atom stereocenters. The number of thiophene rings is 1. The first kappa shape index (κ1) is 15.3. The first-order valence-electron chi connectivity index (χ1n) is 7.62. The van der Waals surface area contributed by atoms with Gasteiger partial charge in [-0.05, 0) is 30.5 Å². The van der Waals surface area contributed by atoms with Crippen LogP contribution in [0.15, 0.2) is 42.5 Å². The molecule has 108 valence electrons. The minimum atomic E-state index is 0.590. The maximum Gasteiger partial charge on any atom is 0.0346 e. The standard InChI is InChI=1S/C18H25NS/c1-4-15(5-2)14(3)19-13-17-11-12-18(20-17)16-9-7-6-8-10-16/h6-12,14-15,19H,4-5,13H2,1-3H3. The molecule has 1 N–H and O–H groups in total. The molecule has 0 spiro atoms. The second-order valence-electron chi connectivity index (χ2n) is 5.38. The van der Waals surface area contributed by atoms with Gasteiger partial charge in [0.05, 0.1) is 0 Å². The van der Waals surface area contributed by atoms with Crippen LogP contribution in [0, 0.1) is 5.92 Å². The van der Waals surface area contributed by atoms with E-state index in [1.807, 2.05) is 11.3 Å². The predicted molar refractivity (Wildman–Crippen MR) is 90.1 cm³/mol. The number of rotatable bonds is 7. The normalized spacial score (nSPS) is 12.8. The molecule has 2 aromatic rings. The quantitative estimate of drug-likeness (QED) is 0.726. The highest BCUT2D eigenvalue weighted by molar-refractivity contribution is 7.15. The van der Waals surface area contributed by atoms with Crippen LogP contribution < -0.4 is 5.32 Å². The Hall–Kier alpha value is -1.12. The van der Waals surface area contributed by atoms with Crippen LogP contribution in [0.25, 0.3) is 10.4 Å². The highest BCUT2D eigenvalue weighted by atomic mass is 32.1. The lowest BCUT2D eigenvalue weighted by Crippen LogP contribution is -2.32. The van der Waals surface area contributed by atoms with Crippen LogP contribution in [0.5, 0.6) is 0 Å². The van der Waals surface area contributed by atoms with Crippen molar-refractivity contribution in [2.24, 2.45) is 5.92 Å². The Kier molecular flexibility index (Phi) is 5.81. The van der Waals surface area contributed by atoms with E-state index in [4.69, 9.17) is 0 Å². The lowest BCUT2D eigenvalue weighted by Gasteiger charge is -2.22. The third-order valence-corrected chi connectivity index (χ3v) is 5.21. The Morgan fingerprint density at radius 1 is 1.00 bits per heavy atom. The Balaban J connectivity index is 1.94. The van der Waals surface area contributed by atoms with Crippen molar-refractivity contribution in [3.63, 3.8) is 0 Å². The summed E-state index contributed by atoms with van der Waals surface area (Å²) in [6, 6.07) is 15.7. The molecule has 0 aliphatic carbocycles. The Morgan fingerprint density at radius 2 is 1.70 bits per heavy atom. The van der Waals surface area contributed by atoms with Crippen molar-refractivity contribution >= 4 is 11.3 Å². The molecule has 1 aromatic carbocycles. The fraction of sp³-hybridized carbons (Fsp3) is 0.444. The minimum absolute atomic E-state index is 0.590. The molecule has 0 aliphatic rings. The van der Waals surface area contributed by atoms with Gasteiger partial charge in [0.15, 0.2) is 0 Å². The third-order valence-electron chi connectivity index (χ3n) is 4.07. The number of nitrogens with one attached hydrogen (secondary N) is 1. The molecule has 0 saturated carbocycles. The van der Waals surface area contributed by atoms with Crippen LogP contribution in [0.4, 0.5) is 0 Å². The summed E-state index contributed by atoms with van der Waals surface area (Å²) in [7, 11) is 0. The van der Waals surface area contributed by atoms with Crippen LogP contribution >= 0.6 is 11.3 Å². The van der Waals surface area contributed by atoms with Crippen molar-refractivity contribution in [2.75, 3.05) is 0 Å². The van der Waals surface area contributed by atoms with E-state index >= 15 is 0 Å². The third kappa shape index (κ3) is 3.94. The fourth-order valence-corrected chi connectivity index (χ4v) is 3.62. The van der Waals surface area contributed by atoms with Crippen LogP contribution in [0.3, 0.4) is 0 Å². The van der Waals surface area contributed by atoms with Crippen molar-refractivity contribution in [3.05, 3.63) is 47.3 Å². The molecule has 2 heteroatoms. The van der Waals surface area contributed by atoms with Gasteiger partial charge in [0.2, 0.25) is 0 Å². The van der Waals surface area contributed by atoms with Crippen molar-refractivity contribution in [3.8, 4) is 10.4 Å². The average Bonchev–Trinajstić information content (AvgIpc) is 2.96. The lowest BCUT2D eigenvalue weighted by atomic mass is 9.95. The average molecular weight is 287 g/mol. The zero-order chi connectivity index (χ0) is 14.4. The first-order valence-corrected chi connectivity index (χ1v) is 8.43. The van der Waals surface area contributed by atoms with Crippen LogP contribution in [-0.4, -0.2) is 6.04 Å². The van der Waals surface area contributed by atoms with E-state index in [1.165, 1.54) is 28.2 Å². The van der Waals surface area contributed by atoms with Crippen molar-refractivity contribution in [1.82, 2.24) is 5.32 Å². The zero-order valence-corrected chi connectivity index (χ0v) is 13.5.